The maximum atomic E-state index is 10.8. The van der Waals surface area contributed by atoms with Gasteiger partial charge < -0.3 is 9.73 Å². The number of nitro groups is 1. The Morgan fingerprint density at radius 2 is 2.17 bits per heavy atom. The summed E-state index contributed by atoms with van der Waals surface area (Å²) in [6.45, 7) is 1.70. The first-order valence-electron chi connectivity index (χ1n) is 5.13. The Morgan fingerprint density at radius 1 is 1.44 bits per heavy atom. The molecule has 0 atom stereocenters. The zero-order valence-electron chi connectivity index (χ0n) is 9.51. The van der Waals surface area contributed by atoms with E-state index in [2.05, 4.69) is 5.32 Å². The molecule has 90 valence electrons. The van der Waals surface area contributed by atoms with Gasteiger partial charge in [0, 0.05) is 6.07 Å². The number of nitrogens with one attached hydrogen (secondary N) is 1. The second-order valence-electron chi connectivity index (χ2n) is 3.61. The lowest BCUT2D eigenvalue weighted by Gasteiger charge is -2.03. The van der Waals surface area contributed by atoms with Crippen molar-refractivity contribution in [2.45, 2.75) is 6.92 Å². The summed E-state index contributed by atoms with van der Waals surface area (Å²) in [7, 11) is 0. The molecule has 0 aliphatic heterocycles. The van der Waals surface area contributed by atoms with Crippen LogP contribution in [0.15, 0.2) is 34.7 Å². The molecular weight excluding hydrogens is 234 g/mol. The van der Waals surface area contributed by atoms with Crippen molar-refractivity contribution in [3.8, 4) is 6.07 Å². The van der Waals surface area contributed by atoms with Crippen LogP contribution in [0.5, 0.6) is 0 Å². The summed E-state index contributed by atoms with van der Waals surface area (Å²) in [6.07, 6.45) is 0. The molecule has 1 N–H and O–H groups in total. The minimum Gasteiger partial charge on any atom is -0.444 e. The summed E-state index contributed by atoms with van der Waals surface area (Å²) in [5.74, 6) is 0.775. The highest BCUT2D eigenvalue weighted by Gasteiger charge is 2.16. The molecule has 0 bridgehead atoms. The Kier molecular flexibility index (Phi) is 2.98. The van der Waals surface area contributed by atoms with Gasteiger partial charge in [0.05, 0.1) is 4.92 Å². The predicted molar refractivity (Wildman–Crippen MR) is 64.5 cm³/mol. The maximum absolute atomic E-state index is 10.8. The molecule has 0 aliphatic rings. The molecule has 1 heterocycles. The van der Waals surface area contributed by atoms with Crippen LogP contribution in [0.4, 0.5) is 17.3 Å². The van der Waals surface area contributed by atoms with Gasteiger partial charge in [-0.15, -0.1) is 0 Å². The Hall–Kier alpha value is -2.81. The first kappa shape index (κ1) is 11.7. The van der Waals surface area contributed by atoms with Gasteiger partial charge in [0.15, 0.2) is 0 Å². The van der Waals surface area contributed by atoms with Gasteiger partial charge in [-0.3, -0.25) is 10.1 Å². The van der Waals surface area contributed by atoms with Gasteiger partial charge in [-0.1, -0.05) is 12.1 Å². The average molecular weight is 243 g/mol. The summed E-state index contributed by atoms with van der Waals surface area (Å²) in [6, 6.07) is 9.69. The fourth-order valence-electron chi connectivity index (χ4n) is 1.55. The van der Waals surface area contributed by atoms with Gasteiger partial charge in [-0.05, 0) is 19.1 Å². The molecule has 0 fully saturated rings. The molecule has 0 amide bonds. The minimum absolute atomic E-state index is 0.0737. The van der Waals surface area contributed by atoms with E-state index in [0.717, 1.165) is 0 Å². The van der Waals surface area contributed by atoms with E-state index in [9.17, 15) is 10.1 Å². The van der Waals surface area contributed by atoms with Crippen molar-refractivity contribution in [2.24, 2.45) is 0 Å². The number of aryl methyl sites for hydroxylation is 1. The van der Waals surface area contributed by atoms with E-state index >= 15 is 0 Å². The third-order valence-corrected chi connectivity index (χ3v) is 2.32. The number of nitro benzene ring substituents is 1. The predicted octanol–water partition coefficient (Wildman–Crippen LogP) is 3.11. The molecule has 0 radical (unpaired) electrons. The van der Waals surface area contributed by atoms with Crippen molar-refractivity contribution >= 4 is 17.3 Å². The van der Waals surface area contributed by atoms with Crippen LogP contribution in [0.3, 0.4) is 0 Å². The number of hydrogen-bond acceptors (Lipinski definition) is 5. The Morgan fingerprint density at radius 3 is 2.83 bits per heavy atom. The smallest absolute Gasteiger partial charge is 0.292 e. The largest absolute Gasteiger partial charge is 0.444 e. The summed E-state index contributed by atoms with van der Waals surface area (Å²) >= 11 is 0. The number of rotatable bonds is 3. The van der Waals surface area contributed by atoms with Crippen molar-refractivity contribution in [1.29, 1.82) is 5.26 Å². The van der Waals surface area contributed by atoms with Gasteiger partial charge in [-0.2, -0.15) is 5.26 Å². The van der Waals surface area contributed by atoms with Crippen LogP contribution < -0.4 is 5.32 Å². The van der Waals surface area contributed by atoms with E-state index in [1.165, 1.54) is 6.07 Å². The van der Waals surface area contributed by atoms with Crippen LogP contribution in [0, 0.1) is 28.4 Å². The second-order valence-corrected chi connectivity index (χ2v) is 3.61. The van der Waals surface area contributed by atoms with Crippen molar-refractivity contribution in [1.82, 2.24) is 0 Å². The number of furan rings is 1. The number of nitrogens with zero attached hydrogens (tertiary/aromatic N) is 2. The lowest BCUT2D eigenvalue weighted by Crippen LogP contribution is -1.96. The molecule has 0 saturated carbocycles. The van der Waals surface area contributed by atoms with Crippen LogP contribution in [0.1, 0.15) is 11.3 Å². The highest BCUT2D eigenvalue weighted by Crippen LogP contribution is 2.29. The van der Waals surface area contributed by atoms with Crippen molar-refractivity contribution in [3.05, 3.63) is 51.8 Å². The van der Waals surface area contributed by atoms with Crippen LogP contribution in [0.2, 0.25) is 0 Å². The highest BCUT2D eigenvalue weighted by atomic mass is 16.6. The first-order chi connectivity index (χ1) is 8.61. The molecule has 6 nitrogen and oxygen atoms in total. The number of para-hydroxylation sites is 2. The van der Waals surface area contributed by atoms with Crippen LogP contribution in [0.25, 0.3) is 0 Å². The molecule has 2 rings (SSSR count). The summed E-state index contributed by atoms with van der Waals surface area (Å²) < 4.78 is 5.29. The lowest BCUT2D eigenvalue weighted by molar-refractivity contribution is -0.383. The van der Waals surface area contributed by atoms with Crippen molar-refractivity contribution < 1.29 is 9.34 Å². The SMILES string of the molecule is Cc1cc(C#N)c(Nc2ccccc2[N+](=O)[O-])o1. The van der Waals surface area contributed by atoms with Crippen LogP contribution >= 0.6 is 0 Å². The number of hydrogen-bond donors (Lipinski definition) is 1. The molecule has 0 unspecified atom stereocenters. The summed E-state index contributed by atoms with van der Waals surface area (Å²) in [5.41, 5.74) is 0.523. The molecule has 0 aliphatic carbocycles. The van der Waals surface area contributed by atoms with E-state index in [0.29, 0.717) is 11.3 Å². The van der Waals surface area contributed by atoms with E-state index in [4.69, 9.17) is 9.68 Å². The second kappa shape index (κ2) is 4.59. The number of benzene rings is 1. The number of anilines is 2. The third kappa shape index (κ3) is 2.15. The zero-order valence-corrected chi connectivity index (χ0v) is 9.51. The Balaban J connectivity index is 2.40. The standard InChI is InChI=1S/C12H9N3O3/c1-8-6-9(7-13)12(18-8)14-10-4-2-3-5-11(10)15(16)17/h2-6,14H,1H3. The molecular formula is C12H9N3O3. The molecule has 18 heavy (non-hydrogen) atoms. The fourth-order valence-corrected chi connectivity index (χ4v) is 1.55. The minimum atomic E-state index is -0.496. The maximum Gasteiger partial charge on any atom is 0.292 e. The van der Waals surface area contributed by atoms with Gasteiger partial charge in [0.25, 0.3) is 5.69 Å². The number of nitriles is 1. The Bertz CT molecular complexity index is 640. The highest BCUT2D eigenvalue weighted by molar-refractivity contribution is 5.69. The molecule has 0 saturated heterocycles. The zero-order chi connectivity index (χ0) is 13.1. The normalized spacial score (nSPS) is 9.78. The fraction of sp³-hybridized carbons (Fsp3) is 0.0833. The van der Waals surface area contributed by atoms with Gasteiger partial charge in [0.2, 0.25) is 5.88 Å². The van der Waals surface area contributed by atoms with Crippen LogP contribution in [-0.4, -0.2) is 4.92 Å². The van der Waals surface area contributed by atoms with Gasteiger partial charge in [0.1, 0.15) is 23.1 Å². The quantitative estimate of drug-likeness (QED) is 0.660. The van der Waals surface area contributed by atoms with E-state index < -0.39 is 4.92 Å². The van der Waals surface area contributed by atoms with E-state index in [1.54, 1.807) is 31.2 Å². The lowest BCUT2D eigenvalue weighted by atomic mass is 10.2. The van der Waals surface area contributed by atoms with E-state index in [-0.39, 0.29) is 17.3 Å². The van der Waals surface area contributed by atoms with Crippen LogP contribution in [-0.2, 0) is 0 Å². The molecule has 1 aromatic carbocycles. The third-order valence-electron chi connectivity index (χ3n) is 2.32. The van der Waals surface area contributed by atoms with Crippen molar-refractivity contribution in [2.75, 3.05) is 5.32 Å². The molecule has 0 spiro atoms. The summed E-state index contributed by atoms with van der Waals surface area (Å²) in [4.78, 5) is 10.3. The van der Waals surface area contributed by atoms with Gasteiger partial charge in [-0.25, -0.2) is 0 Å². The first-order valence-corrected chi connectivity index (χ1v) is 5.13. The van der Waals surface area contributed by atoms with E-state index in [1.807, 2.05) is 6.07 Å². The average Bonchev–Trinajstić information content (AvgIpc) is 2.70. The molecule has 2 aromatic rings. The Labute approximate surface area is 103 Å². The summed E-state index contributed by atoms with van der Waals surface area (Å²) in [5, 5.41) is 22.5. The molecule has 6 heteroatoms. The topological polar surface area (TPSA) is 92.1 Å². The van der Waals surface area contributed by atoms with Gasteiger partial charge >= 0.3 is 0 Å². The van der Waals surface area contributed by atoms with Crippen molar-refractivity contribution in [3.63, 3.8) is 0 Å². The molecule has 1 aromatic heterocycles. The monoisotopic (exact) mass is 243 g/mol.